The number of hydrogen-bond acceptors (Lipinski definition) is 9. The largest absolute Gasteiger partial charge is 0.474 e. The van der Waals surface area contributed by atoms with E-state index in [1.807, 2.05) is 18.2 Å². The first-order chi connectivity index (χ1) is 17.7. The molecule has 10 nitrogen and oxygen atoms in total. The molecule has 0 spiro atoms. The zero-order chi connectivity index (χ0) is 26.4. The molecule has 0 aliphatic carbocycles. The van der Waals surface area contributed by atoms with Crippen LogP contribution >= 0.6 is 0 Å². The fourth-order valence-corrected chi connectivity index (χ4v) is 4.34. The Labute approximate surface area is 215 Å². The molecule has 3 aromatic rings. The summed E-state index contributed by atoms with van der Waals surface area (Å²) in [5.41, 5.74) is 1.86. The van der Waals surface area contributed by atoms with Gasteiger partial charge in [-0.1, -0.05) is 35.5 Å². The zero-order valence-corrected chi connectivity index (χ0v) is 21.6. The Morgan fingerprint density at radius 2 is 1.65 bits per heavy atom. The van der Waals surface area contributed by atoms with Crippen molar-refractivity contribution in [2.75, 3.05) is 19.3 Å². The van der Waals surface area contributed by atoms with Crippen LogP contribution in [-0.4, -0.2) is 60.5 Å². The Morgan fingerprint density at radius 3 is 2.30 bits per heavy atom. The van der Waals surface area contributed by atoms with Gasteiger partial charge in [0.2, 0.25) is 5.88 Å². The fraction of sp³-hybridized carbons (Fsp3) is 0.308. The molecule has 194 valence electrons. The molecule has 1 fully saturated rings. The molecule has 11 heteroatoms. The summed E-state index contributed by atoms with van der Waals surface area (Å²) in [6.07, 6.45) is 3.26. The van der Waals surface area contributed by atoms with E-state index < -0.39 is 9.84 Å². The van der Waals surface area contributed by atoms with Crippen LogP contribution in [0.2, 0.25) is 0 Å². The maximum Gasteiger partial charge on any atom is 0.415 e. The van der Waals surface area contributed by atoms with Crippen LogP contribution < -0.4 is 14.3 Å². The van der Waals surface area contributed by atoms with Gasteiger partial charge >= 0.3 is 6.09 Å². The third-order valence-electron chi connectivity index (χ3n) is 5.89. The first kappa shape index (κ1) is 26.1. The number of amides is 1. The van der Waals surface area contributed by atoms with Crippen LogP contribution in [0.3, 0.4) is 0 Å². The van der Waals surface area contributed by atoms with Crippen LogP contribution in [-0.2, 0) is 9.84 Å². The number of carbonyl (C=O) groups excluding carboxylic acids is 1. The predicted octanol–water partition coefficient (Wildman–Crippen LogP) is 4.03. The second kappa shape index (κ2) is 11.4. The van der Waals surface area contributed by atoms with E-state index in [-0.39, 0.29) is 23.0 Å². The smallest absolute Gasteiger partial charge is 0.415 e. The lowest BCUT2D eigenvalue weighted by Crippen LogP contribution is -2.43. The van der Waals surface area contributed by atoms with Crippen molar-refractivity contribution in [1.82, 2.24) is 14.9 Å². The Balaban J connectivity index is 1.33. The van der Waals surface area contributed by atoms with Crippen LogP contribution in [0.1, 0.15) is 30.9 Å². The first-order valence-electron chi connectivity index (χ1n) is 11.7. The minimum Gasteiger partial charge on any atom is -0.474 e. The van der Waals surface area contributed by atoms with E-state index in [0.717, 1.165) is 6.26 Å². The van der Waals surface area contributed by atoms with Gasteiger partial charge in [-0.05, 0) is 43.7 Å². The van der Waals surface area contributed by atoms with Gasteiger partial charge in [0.15, 0.2) is 9.84 Å². The van der Waals surface area contributed by atoms with Crippen molar-refractivity contribution in [1.29, 1.82) is 0 Å². The van der Waals surface area contributed by atoms with Crippen molar-refractivity contribution >= 4 is 21.6 Å². The average Bonchev–Trinajstić information content (AvgIpc) is 2.89. The number of sulfone groups is 1. The van der Waals surface area contributed by atoms with Crippen molar-refractivity contribution in [3.63, 3.8) is 0 Å². The number of carbonyl (C=O) groups is 1. The highest BCUT2D eigenvalue weighted by molar-refractivity contribution is 7.90. The average molecular weight is 525 g/mol. The van der Waals surface area contributed by atoms with Gasteiger partial charge in [-0.15, -0.1) is 0 Å². The molecular weight excluding hydrogens is 496 g/mol. The summed E-state index contributed by atoms with van der Waals surface area (Å²) in [6.45, 7) is 4.54. The van der Waals surface area contributed by atoms with Gasteiger partial charge in [-0.3, -0.25) is 0 Å². The zero-order valence-electron chi connectivity index (χ0n) is 20.8. The summed E-state index contributed by atoms with van der Waals surface area (Å²) < 4.78 is 34.8. The maximum absolute atomic E-state index is 12.4. The van der Waals surface area contributed by atoms with Crippen molar-refractivity contribution in [3.8, 4) is 17.5 Å². The molecule has 0 bridgehead atoms. The van der Waals surface area contributed by atoms with E-state index in [4.69, 9.17) is 14.3 Å². The quantitative estimate of drug-likeness (QED) is 0.336. The SMILES string of the molecule is CC(=NOc1ncnc(OC2CCN(C(=O)Oc3ccccc3)CC2)c1C)c1ccc(S(C)(=O)=O)cc1. The van der Waals surface area contributed by atoms with Crippen molar-refractivity contribution in [3.05, 3.63) is 72.1 Å². The number of benzene rings is 2. The van der Waals surface area contributed by atoms with E-state index in [2.05, 4.69) is 15.1 Å². The van der Waals surface area contributed by atoms with E-state index in [1.165, 1.54) is 18.5 Å². The van der Waals surface area contributed by atoms with Crippen molar-refractivity contribution in [2.45, 2.75) is 37.7 Å². The Hall–Kier alpha value is -3.99. The second-order valence-corrected chi connectivity index (χ2v) is 10.7. The standard InChI is InChI=1S/C26H28N4O6S/c1-18-24(34-22-13-15-30(16-14-22)26(31)35-21-7-5-4-6-8-21)27-17-28-25(18)36-29-19(2)20-9-11-23(12-10-20)37(3,32)33/h4-12,17,22H,13-16H2,1-3H3. The lowest BCUT2D eigenvalue weighted by molar-refractivity contribution is 0.0896. The lowest BCUT2D eigenvalue weighted by Gasteiger charge is -2.31. The monoisotopic (exact) mass is 524 g/mol. The molecular formula is C26H28N4O6S. The van der Waals surface area contributed by atoms with Crippen LogP contribution in [0.5, 0.6) is 17.5 Å². The molecule has 1 aliphatic heterocycles. The number of nitrogens with zero attached hydrogens (tertiary/aromatic N) is 4. The molecule has 1 aliphatic rings. The van der Waals surface area contributed by atoms with Crippen LogP contribution in [0.4, 0.5) is 4.79 Å². The molecule has 0 atom stereocenters. The van der Waals surface area contributed by atoms with Crippen molar-refractivity contribution < 1.29 is 27.5 Å². The highest BCUT2D eigenvalue weighted by atomic mass is 32.2. The van der Waals surface area contributed by atoms with E-state index in [0.29, 0.717) is 54.4 Å². The summed E-state index contributed by atoms with van der Waals surface area (Å²) in [4.78, 5) is 28.2. The topological polar surface area (TPSA) is 120 Å². The minimum absolute atomic E-state index is 0.124. The molecule has 0 unspecified atom stereocenters. The van der Waals surface area contributed by atoms with Gasteiger partial charge in [-0.25, -0.2) is 18.2 Å². The van der Waals surface area contributed by atoms with Gasteiger partial charge in [-0.2, -0.15) is 4.98 Å². The molecule has 2 aromatic carbocycles. The van der Waals surface area contributed by atoms with Crippen molar-refractivity contribution in [2.24, 2.45) is 5.16 Å². The highest BCUT2D eigenvalue weighted by Gasteiger charge is 2.26. The summed E-state index contributed by atoms with van der Waals surface area (Å²) in [6, 6.07) is 15.4. The third kappa shape index (κ3) is 6.82. The normalized spacial score (nSPS) is 14.8. The molecule has 0 saturated carbocycles. The number of oxime groups is 1. The summed E-state index contributed by atoms with van der Waals surface area (Å²) in [7, 11) is -3.27. The number of aromatic nitrogens is 2. The molecule has 0 N–H and O–H groups in total. The number of rotatable bonds is 7. The number of para-hydroxylation sites is 1. The first-order valence-corrected chi connectivity index (χ1v) is 13.6. The summed E-state index contributed by atoms with van der Waals surface area (Å²) in [5, 5.41) is 4.13. The number of hydrogen-bond donors (Lipinski definition) is 0. The fourth-order valence-electron chi connectivity index (χ4n) is 3.71. The summed E-state index contributed by atoms with van der Waals surface area (Å²) in [5.74, 6) is 1.15. The number of ether oxygens (including phenoxy) is 2. The van der Waals surface area contributed by atoms with Gasteiger partial charge in [0.05, 0.1) is 16.2 Å². The second-order valence-electron chi connectivity index (χ2n) is 8.66. The number of piperidine rings is 1. The van der Waals surface area contributed by atoms with E-state index in [1.54, 1.807) is 43.0 Å². The van der Waals surface area contributed by atoms with E-state index >= 15 is 0 Å². The number of likely N-dealkylation sites (tertiary alicyclic amines) is 1. The molecule has 1 amide bonds. The van der Waals surface area contributed by atoms with Gasteiger partial charge in [0.25, 0.3) is 5.88 Å². The Kier molecular flexibility index (Phi) is 8.02. The van der Waals surface area contributed by atoms with Crippen LogP contribution in [0.25, 0.3) is 0 Å². The molecule has 1 aromatic heterocycles. The Bertz CT molecular complexity index is 1370. The summed E-state index contributed by atoms with van der Waals surface area (Å²) >= 11 is 0. The van der Waals surface area contributed by atoms with Crippen LogP contribution in [0, 0.1) is 6.92 Å². The van der Waals surface area contributed by atoms with E-state index in [9.17, 15) is 13.2 Å². The van der Waals surface area contributed by atoms with Gasteiger partial charge < -0.3 is 19.2 Å². The predicted molar refractivity (Wildman–Crippen MR) is 137 cm³/mol. The highest BCUT2D eigenvalue weighted by Crippen LogP contribution is 2.26. The molecule has 0 radical (unpaired) electrons. The molecule has 37 heavy (non-hydrogen) atoms. The third-order valence-corrected chi connectivity index (χ3v) is 7.02. The maximum atomic E-state index is 12.4. The van der Waals surface area contributed by atoms with Gasteiger partial charge in [0, 0.05) is 32.2 Å². The molecule has 1 saturated heterocycles. The molecule has 4 rings (SSSR count). The van der Waals surface area contributed by atoms with Gasteiger partial charge in [0.1, 0.15) is 18.2 Å². The lowest BCUT2D eigenvalue weighted by atomic mass is 10.1. The van der Waals surface area contributed by atoms with Crippen LogP contribution in [0.15, 0.2) is 71.0 Å². The molecule has 2 heterocycles. The Morgan fingerprint density at radius 1 is 1.00 bits per heavy atom. The minimum atomic E-state index is -3.27.